The Bertz CT molecular complexity index is 1950. The number of hydrogen-bond donors (Lipinski definition) is 0. The van der Waals surface area contributed by atoms with Crippen molar-refractivity contribution in [3.63, 3.8) is 0 Å². The number of aldehydes is 1. The molecule has 0 radical (unpaired) electrons. The molecule has 0 unspecified atom stereocenters. The largest absolute Gasteiger partial charge is 0.509 e. The lowest BCUT2D eigenvalue weighted by atomic mass is 9.76. The summed E-state index contributed by atoms with van der Waals surface area (Å²) in [5, 5.41) is -0.232. The predicted molar refractivity (Wildman–Crippen MR) is 327 cm³/mol. The summed E-state index contributed by atoms with van der Waals surface area (Å²) in [7, 11) is -2.65. The van der Waals surface area contributed by atoms with Crippen molar-refractivity contribution in [2.75, 3.05) is 35.0 Å². The van der Waals surface area contributed by atoms with Crippen LogP contribution in [-0.4, -0.2) is 178 Å². The smallest absolute Gasteiger partial charge is 0.427 e. The van der Waals surface area contributed by atoms with Crippen molar-refractivity contribution >= 4 is 45.7 Å². The molecule has 18 atom stereocenters. The maximum Gasteiger partial charge on any atom is 0.509 e. The molecule has 0 spiro atoms. The first-order valence-corrected chi connectivity index (χ1v) is 41.9. The van der Waals surface area contributed by atoms with Crippen molar-refractivity contribution < 1.29 is 79.4 Å². The number of ether oxygens (including phenoxy) is 11. The molecule has 21 heteroatoms. The fourth-order valence-corrected chi connectivity index (χ4v) is 19.2. The average Bonchev–Trinajstić information content (AvgIpc) is 4.04. The van der Waals surface area contributed by atoms with Crippen LogP contribution in [0.4, 0.5) is 4.79 Å². The molecule has 0 N–H and O–H groups in total. The molecule has 81 heavy (non-hydrogen) atoms. The summed E-state index contributed by atoms with van der Waals surface area (Å²) in [5.74, 6) is -2.23. The first-order chi connectivity index (χ1) is 37.2. The van der Waals surface area contributed by atoms with E-state index in [2.05, 4.69) is 150 Å². The standard InChI is InChI=1S/C60H118O17Si4/c1-28-81(29-2,30-3)77-59(17)37-50(68-42(7)53(59)71-49-36-47(65-20)52(41(6)67-49)76-80(26,27)58(14,15)16)69-43(38-63-18)34-45-39(4)51(75-79(24,25)57(11,12)13)40(5)60(66-21,73-45)54-48(70-55(62)72-54)35-46(64-19)44(32-31-33-61)74-78(22,23)56(8,9)10/h33,39-54H,28-32,34-38H2,1-27H3/t39-,40+,41+,42-,43+,44-,45+,46-,47+,48-,49-,50-,51-,52+,53-,54+,59-,60+/m0/s1. The molecule has 4 rings (SSSR count). The van der Waals surface area contributed by atoms with Crippen LogP contribution in [0.3, 0.4) is 0 Å². The maximum absolute atomic E-state index is 13.6. The number of carbonyl (C=O) groups is 2. The second-order valence-electron chi connectivity index (χ2n) is 29.0. The topological polar surface area (TPSA) is 173 Å². The van der Waals surface area contributed by atoms with E-state index in [4.69, 9.17) is 69.8 Å². The molecule has 4 fully saturated rings. The van der Waals surface area contributed by atoms with Crippen molar-refractivity contribution in [2.45, 2.75) is 326 Å². The summed E-state index contributed by atoms with van der Waals surface area (Å²) in [5.41, 5.74) is -0.835. The summed E-state index contributed by atoms with van der Waals surface area (Å²) in [6.45, 7) is 50.7. The Morgan fingerprint density at radius 1 is 0.716 bits per heavy atom. The molecule has 4 saturated heterocycles. The Balaban J connectivity index is 1.74. The van der Waals surface area contributed by atoms with E-state index in [1.54, 1.807) is 28.4 Å². The zero-order valence-corrected chi connectivity index (χ0v) is 59.8. The minimum Gasteiger partial charge on any atom is -0.427 e. The lowest BCUT2D eigenvalue weighted by Crippen LogP contribution is -2.67. The van der Waals surface area contributed by atoms with Gasteiger partial charge in [0, 0.05) is 72.4 Å². The molecule has 0 saturated carbocycles. The minimum atomic E-state index is -2.48. The van der Waals surface area contributed by atoms with Crippen molar-refractivity contribution in [3.8, 4) is 0 Å². The summed E-state index contributed by atoms with van der Waals surface area (Å²) < 4.78 is 102. The quantitative estimate of drug-likeness (QED) is 0.0393. The van der Waals surface area contributed by atoms with Crippen LogP contribution in [0.25, 0.3) is 0 Å². The zero-order valence-electron chi connectivity index (χ0n) is 55.8. The summed E-state index contributed by atoms with van der Waals surface area (Å²) in [6, 6.07) is 2.83. The van der Waals surface area contributed by atoms with E-state index < -0.39 is 124 Å². The highest BCUT2D eigenvalue weighted by molar-refractivity contribution is 6.75. The monoisotopic (exact) mass is 1220 g/mol. The molecule has 0 aromatic heterocycles. The van der Waals surface area contributed by atoms with Gasteiger partial charge in [-0.2, -0.15) is 0 Å². The SMILES string of the molecule is CC[Si](CC)(CC)O[C@@]1(C)C[C@H](O[C@@H](COC)C[C@H]2O[C@@](OC)([C@@H]3OC(=O)O[C@H]3C[C@H](OC)[C@H](CCC=O)O[Si](C)(C)C(C)(C)C)[C@H](C)[C@@H](O[Si](C)(C)C(C)(C)C)[C@H]2C)O[C@@H](C)[C@@H]1O[C@H]1C[C@@H](OC)[C@H](O[Si](C)(C)C(C)(C)C)[C@@H](C)O1. The molecule has 0 bridgehead atoms. The lowest BCUT2D eigenvalue weighted by Gasteiger charge is -2.55. The fourth-order valence-electron chi connectivity index (χ4n) is 11.8. The van der Waals surface area contributed by atoms with Crippen LogP contribution in [0.15, 0.2) is 0 Å². The van der Waals surface area contributed by atoms with Gasteiger partial charge in [0.1, 0.15) is 12.4 Å². The van der Waals surface area contributed by atoms with Crippen molar-refractivity contribution in [2.24, 2.45) is 11.8 Å². The molecule has 4 aliphatic rings. The van der Waals surface area contributed by atoms with E-state index in [-0.39, 0.29) is 58.8 Å². The van der Waals surface area contributed by atoms with Crippen molar-refractivity contribution in [1.82, 2.24) is 0 Å². The normalized spacial score (nSPS) is 34.4. The molecule has 0 aliphatic carbocycles. The van der Waals surface area contributed by atoms with Gasteiger partial charge in [0.25, 0.3) is 0 Å². The Kier molecular flexibility index (Phi) is 25.7. The summed E-state index contributed by atoms with van der Waals surface area (Å²) in [4.78, 5) is 25.5. The highest BCUT2D eigenvalue weighted by atomic mass is 28.4. The van der Waals surface area contributed by atoms with E-state index >= 15 is 0 Å². The highest BCUT2D eigenvalue weighted by Crippen LogP contribution is 2.51. The fraction of sp³-hybridized carbons (Fsp3) is 0.967. The lowest BCUT2D eigenvalue weighted by molar-refractivity contribution is -0.363. The van der Waals surface area contributed by atoms with Gasteiger partial charge in [-0.1, -0.05) is 96.9 Å². The molecule has 476 valence electrons. The van der Waals surface area contributed by atoms with Crippen LogP contribution in [0.2, 0.25) is 72.5 Å². The zero-order chi connectivity index (χ0) is 61.7. The Hall–Kier alpha value is -0.712. The van der Waals surface area contributed by atoms with Crippen LogP contribution >= 0.6 is 0 Å². The second kappa shape index (κ2) is 28.6. The van der Waals surface area contributed by atoms with E-state index in [9.17, 15) is 9.59 Å². The van der Waals surface area contributed by atoms with E-state index in [1.165, 1.54) is 0 Å². The molecule has 4 heterocycles. The first-order valence-electron chi connectivity index (χ1n) is 30.7. The van der Waals surface area contributed by atoms with Gasteiger partial charge in [0.2, 0.25) is 5.79 Å². The van der Waals surface area contributed by atoms with Gasteiger partial charge >= 0.3 is 6.16 Å². The molecular formula is C60H118O17Si4. The molecule has 0 aromatic rings. The van der Waals surface area contributed by atoms with Crippen LogP contribution in [0.5, 0.6) is 0 Å². The predicted octanol–water partition coefficient (Wildman–Crippen LogP) is 13.3. The van der Waals surface area contributed by atoms with E-state index in [0.29, 0.717) is 25.7 Å². The highest BCUT2D eigenvalue weighted by Gasteiger charge is 2.64. The van der Waals surface area contributed by atoms with Gasteiger partial charge in [0.15, 0.2) is 58.1 Å². The molecular weight excluding hydrogens is 1100 g/mol. The van der Waals surface area contributed by atoms with Gasteiger partial charge in [-0.3, -0.25) is 0 Å². The third-order valence-electron chi connectivity index (χ3n) is 20.3. The Labute approximate surface area is 495 Å². The third kappa shape index (κ3) is 17.1. The minimum absolute atomic E-state index is 0.0167. The van der Waals surface area contributed by atoms with Gasteiger partial charge in [-0.15, -0.1) is 0 Å². The van der Waals surface area contributed by atoms with Gasteiger partial charge < -0.3 is 74.6 Å². The second-order valence-corrected chi connectivity index (χ2v) is 47.9. The maximum atomic E-state index is 13.6. The number of cyclic esters (lactones) is 2. The van der Waals surface area contributed by atoms with Crippen molar-refractivity contribution in [1.29, 1.82) is 0 Å². The Morgan fingerprint density at radius 2 is 1.27 bits per heavy atom. The average molecular weight is 1220 g/mol. The van der Waals surface area contributed by atoms with E-state index in [1.807, 2.05) is 6.92 Å². The molecule has 4 aliphatic heterocycles. The molecule has 0 aromatic carbocycles. The van der Waals surface area contributed by atoms with Gasteiger partial charge in [-0.05, 0) is 99.7 Å². The van der Waals surface area contributed by atoms with Crippen LogP contribution < -0.4 is 0 Å². The Morgan fingerprint density at radius 3 is 1.77 bits per heavy atom. The number of methoxy groups -OCH3 is 4. The number of carbonyl (C=O) groups excluding carboxylic acids is 2. The van der Waals surface area contributed by atoms with Crippen LogP contribution in [0, 0.1) is 11.8 Å². The van der Waals surface area contributed by atoms with Gasteiger partial charge in [-0.25, -0.2) is 4.79 Å². The third-order valence-corrected chi connectivity index (χ3v) is 38.5. The first kappa shape index (κ1) is 72.8. The molecule has 17 nitrogen and oxygen atoms in total. The van der Waals surface area contributed by atoms with Crippen LogP contribution in [-0.2, 0) is 74.6 Å². The molecule has 0 amide bonds. The van der Waals surface area contributed by atoms with Gasteiger partial charge in [0.05, 0.1) is 67.1 Å². The number of hydrogen-bond acceptors (Lipinski definition) is 17. The van der Waals surface area contributed by atoms with Crippen molar-refractivity contribution in [3.05, 3.63) is 0 Å². The van der Waals surface area contributed by atoms with Crippen LogP contribution in [0.1, 0.15) is 156 Å². The van der Waals surface area contributed by atoms with E-state index in [0.717, 1.165) is 24.4 Å². The number of rotatable bonds is 29. The summed E-state index contributed by atoms with van der Waals surface area (Å²) in [6.07, 6.45) is -5.36. The summed E-state index contributed by atoms with van der Waals surface area (Å²) >= 11 is 0.